The summed E-state index contributed by atoms with van der Waals surface area (Å²) in [7, 11) is 0. The normalized spacial score (nSPS) is 22.2. The van der Waals surface area contributed by atoms with Crippen molar-refractivity contribution in [3.8, 4) is 0 Å². The second kappa shape index (κ2) is 8.37. The van der Waals surface area contributed by atoms with E-state index in [2.05, 4.69) is 24.5 Å². The van der Waals surface area contributed by atoms with Crippen LogP contribution in [0.25, 0.3) is 0 Å². The zero-order valence-electron chi connectivity index (χ0n) is 13.7. The number of rotatable bonds is 9. The van der Waals surface area contributed by atoms with E-state index in [1.165, 1.54) is 0 Å². The molecule has 1 aliphatic rings. The highest BCUT2D eigenvalue weighted by Crippen LogP contribution is 2.38. The minimum atomic E-state index is -0.468. The highest BCUT2D eigenvalue weighted by Gasteiger charge is 2.43. The third-order valence-corrected chi connectivity index (χ3v) is 3.85. The van der Waals surface area contributed by atoms with Gasteiger partial charge in [-0.25, -0.2) is 0 Å². The molecule has 5 nitrogen and oxygen atoms in total. The van der Waals surface area contributed by atoms with Crippen molar-refractivity contribution in [1.29, 1.82) is 0 Å². The molecule has 0 aliphatic heterocycles. The molecule has 1 saturated carbocycles. The predicted molar refractivity (Wildman–Crippen MR) is 82.5 cm³/mol. The van der Waals surface area contributed by atoms with Crippen LogP contribution in [-0.4, -0.2) is 36.1 Å². The Morgan fingerprint density at radius 1 is 1.19 bits per heavy atom. The van der Waals surface area contributed by atoms with E-state index >= 15 is 0 Å². The number of amides is 2. The van der Waals surface area contributed by atoms with Gasteiger partial charge in [0.1, 0.15) is 6.04 Å². The van der Waals surface area contributed by atoms with Crippen molar-refractivity contribution < 1.29 is 14.7 Å². The Labute approximate surface area is 127 Å². The Balaban J connectivity index is 2.46. The number of carbonyl (C=O) groups is 2. The molecule has 0 heterocycles. The molecule has 1 fully saturated rings. The van der Waals surface area contributed by atoms with Crippen molar-refractivity contribution in [1.82, 2.24) is 10.6 Å². The monoisotopic (exact) mass is 298 g/mol. The van der Waals surface area contributed by atoms with Crippen molar-refractivity contribution in [3.05, 3.63) is 0 Å². The Bertz CT molecular complexity index is 355. The van der Waals surface area contributed by atoms with Gasteiger partial charge in [0, 0.05) is 19.1 Å². The standard InChI is InChI=1S/C16H30N2O3/c1-10(2)5-6-17-16(21)14(7-11(3)4)18-15(20)13-8-12(13)9-19/h10-14,19H,5-9H2,1-4H3,(H,17,21)(H,18,20)/t12-,13+,14+/m1/s1. The lowest BCUT2D eigenvalue weighted by atomic mass is 10.0. The van der Waals surface area contributed by atoms with Gasteiger partial charge >= 0.3 is 0 Å². The van der Waals surface area contributed by atoms with Crippen LogP contribution in [0.1, 0.15) is 47.0 Å². The molecule has 1 rings (SSSR count). The lowest BCUT2D eigenvalue weighted by Crippen LogP contribution is -2.48. The van der Waals surface area contributed by atoms with E-state index in [0.29, 0.717) is 24.8 Å². The van der Waals surface area contributed by atoms with E-state index in [1.807, 2.05) is 13.8 Å². The molecule has 0 radical (unpaired) electrons. The van der Waals surface area contributed by atoms with E-state index in [4.69, 9.17) is 5.11 Å². The van der Waals surface area contributed by atoms with Gasteiger partial charge in [-0.2, -0.15) is 0 Å². The zero-order chi connectivity index (χ0) is 16.0. The first-order valence-corrected chi connectivity index (χ1v) is 8.04. The summed E-state index contributed by atoms with van der Waals surface area (Å²) in [6, 6.07) is -0.468. The van der Waals surface area contributed by atoms with Crippen LogP contribution in [0.2, 0.25) is 0 Å². The fourth-order valence-electron chi connectivity index (χ4n) is 2.36. The number of aliphatic hydroxyl groups is 1. The molecule has 0 unspecified atom stereocenters. The van der Waals surface area contributed by atoms with Gasteiger partial charge in [0.25, 0.3) is 0 Å². The molecule has 122 valence electrons. The fraction of sp³-hybridized carbons (Fsp3) is 0.875. The first-order valence-electron chi connectivity index (χ1n) is 8.04. The molecule has 1 aliphatic carbocycles. The summed E-state index contributed by atoms with van der Waals surface area (Å²) in [5.74, 6) is 0.638. The molecule has 0 spiro atoms. The fourth-order valence-corrected chi connectivity index (χ4v) is 2.36. The average Bonchev–Trinajstić information content (AvgIpc) is 3.16. The maximum atomic E-state index is 12.2. The molecule has 5 heteroatoms. The van der Waals surface area contributed by atoms with Crippen molar-refractivity contribution >= 4 is 11.8 Å². The molecule has 0 bridgehead atoms. The largest absolute Gasteiger partial charge is 0.396 e. The smallest absolute Gasteiger partial charge is 0.242 e. The van der Waals surface area contributed by atoms with Crippen molar-refractivity contribution in [2.45, 2.75) is 53.0 Å². The Hall–Kier alpha value is -1.10. The topological polar surface area (TPSA) is 78.4 Å². The van der Waals surface area contributed by atoms with Crippen LogP contribution in [0.5, 0.6) is 0 Å². The summed E-state index contributed by atoms with van der Waals surface area (Å²) >= 11 is 0. The Kier molecular flexibility index (Phi) is 7.15. The molecule has 3 atom stereocenters. The van der Waals surface area contributed by atoms with E-state index < -0.39 is 6.04 Å². The zero-order valence-corrected chi connectivity index (χ0v) is 13.7. The summed E-state index contributed by atoms with van der Waals surface area (Å²) in [5, 5.41) is 14.8. The van der Waals surface area contributed by atoms with Gasteiger partial charge in [-0.15, -0.1) is 0 Å². The first-order chi connectivity index (χ1) is 9.85. The van der Waals surface area contributed by atoms with E-state index in [-0.39, 0.29) is 30.3 Å². The van der Waals surface area contributed by atoms with Gasteiger partial charge in [-0.1, -0.05) is 27.7 Å². The molecule has 0 aromatic rings. The summed E-state index contributed by atoms with van der Waals surface area (Å²) in [6.07, 6.45) is 2.30. The van der Waals surface area contributed by atoms with E-state index in [1.54, 1.807) is 0 Å². The first kappa shape index (κ1) is 18.0. The highest BCUT2D eigenvalue weighted by atomic mass is 16.3. The van der Waals surface area contributed by atoms with Gasteiger partial charge in [0.15, 0.2) is 0 Å². The van der Waals surface area contributed by atoms with Gasteiger partial charge in [0.05, 0.1) is 0 Å². The Morgan fingerprint density at radius 3 is 2.33 bits per heavy atom. The molecule has 0 aromatic heterocycles. The van der Waals surface area contributed by atoms with Gasteiger partial charge in [-0.3, -0.25) is 9.59 Å². The van der Waals surface area contributed by atoms with Gasteiger partial charge in [0.2, 0.25) is 11.8 Å². The minimum absolute atomic E-state index is 0.0491. The summed E-state index contributed by atoms with van der Waals surface area (Å²) in [4.78, 5) is 24.3. The lowest BCUT2D eigenvalue weighted by molar-refractivity contribution is -0.130. The summed E-state index contributed by atoms with van der Waals surface area (Å²) in [6.45, 7) is 8.99. The number of aliphatic hydroxyl groups excluding tert-OH is 1. The molecular formula is C16H30N2O3. The summed E-state index contributed by atoms with van der Waals surface area (Å²) < 4.78 is 0. The number of carbonyl (C=O) groups excluding carboxylic acids is 2. The molecule has 0 aromatic carbocycles. The molecule has 2 amide bonds. The van der Waals surface area contributed by atoms with Crippen LogP contribution in [0.15, 0.2) is 0 Å². The van der Waals surface area contributed by atoms with Crippen LogP contribution >= 0.6 is 0 Å². The van der Waals surface area contributed by atoms with Crippen LogP contribution in [0.3, 0.4) is 0 Å². The van der Waals surface area contributed by atoms with Gasteiger partial charge < -0.3 is 15.7 Å². The number of hydrogen-bond acceptors (Lipinski definition) is 3. The van der Waals surface area contributed by atoms with Crippen LogP contribution < -0.4 is 10.6 Å². The van der Waals surface area contributed by atoms with Crippen molar-refractivity contribution in [2.75, 3.05) is 13.2 Å². The van der Waals surface area contributed by atoms with Gasteiger partial charge in [-0.05, 0) is 37.0 Å². The SMILES string of the molecule is CC(C)CCNC(=O)[C@H](CC(C)C)NC(=O)[C@H]1C[C@@H]1CO. The van der Waals surface area contributed by atoms with Crippen LogP contribution in [-0.2, 0) is 9.59 Å². The van der Waals surface area contributed by atoms with Crippen molar-refractivity contribution in [2.24, 2.45) is 23.7 Å². The molecule has 3 N–H and O–H groups in total. The van der Waals surface area contributed by atoms with Crippen molar-refractivity contribution in [3.63, 3.8) is 0 Å². The molecule has 0 saturated heterocycles. The summed E-state index contributed by atoms with van der Waals surface area (Å²) in [5.41, 5.74) is 0. The Morgan fingerprint density at radius 2 is 1.86 bits per heavy atom. The third kappa shape index (κ3) is 6.46. The number of nitrogens with one attached hydrogen (secondary N) is 2. The third-order valence-electron chi connectivity index (χ3n) is 3.85. The minimum Gasteiger partial charge on any atom is -0.396 e. The lowest BCUT2D eigenvalue weighted by Gasteiger charge is -2.20. The maximum Gasteiger partial charge on any atom is 0.242 e. The molecule has 21 heavy (non-hydrogen) atoms. The second-order valence-electron chi connectivity index (χ2n) is 6.95. The second-order valence-corrected chi connectivity index (χ2v) is 6.95. The predicted octanol–water partition coefficient (Wildman–Crippen LogP) is 1.31. The number of hydrogen-bond donors (Lipinski definition) is 3. The highest BCUT2D eigenvalue weighted by molar-refractivity contribution is 5.89. The molecular weight excluding hydrogens is 268 g/mol. The van der Waals surface area contributed by atoms with Crippen LogP contribution in [0.4, 0.5) is 0 Å². The average molecular weight is 298 g/mol. The maximum absolute atomic E-state index is 12.2. The van der Waals surface area contributed by atoms with E-state index in [0.717, 1.165) is 12.8 Å². The van der Waals surface area contributed by atoms with Crippen LogP contribution in [0, 0.1) is 23.7 Å². The van der Waals surface area contributed by atoms with E-state index in [9.17, 15) is 9.59 Å². The quantitative estimate of drug-likeness (QED) is 0.600.